The van der Waals surface area contributed by atoms with Crippen LogP contribution >= 0.6 is 0 Å². The van der Waals surface area contributed by atoms with Gasteiger partial charge in [-0.25, -0.2) is 4.79 Å². The summed E-state index contributed by atoms with van der Waals surface area (Å²) >= 11 is 0. The number of benzene rings is 3. The summed E-state index contributed by atoms with van der Waals surface area (Å²) in [5, 5.41) is 5.58. The number of anilines is 2. The lowest BCUT2D eigenvalue weighted by molar-refractivity contribution is 0.217. The van der Waals surface area contributed by atoms with E-state index < -0.39 is 0 Å². The second kappa shape index (κ2) is 9.13. The van der Waals surface area contributed by atoms with Gasteiger partial charge < -0.3 is 20.1 Å². The zero-order valence-electron chi connectivity index (χ0n) is 14.2. The smallest absolute Gasteiger partial charge is 0.323 e. The number of carbonyl (C=O) groups excluding carboxylic acids is 1. The van der Waals surface area contributed by atoms with Crippen LogP contribution in [0.2, 0.25) is 0 Å². The number of urea groups is 1. The highest BCUT2D eigenvalue weighted by atomic mass is 16.5. The third kappa shape index (κ3) is 5.27. The van der Waals surface area contributed by atoms with Crippen LogP contribution in [0.15, 0.2) is 84.9 Å². The van der Waals surface area contributed by atoms with Crippen molar-refractivity contribution in [2.45, 2.75) is 0 Å². The van der Waals surface area contributed by atoms with Gasteiger partial charge in [0.1, 0.15) is 24.7 Å². The maximum atomic E-state index is 12.1. The summed E-state index contributed by atoms with van der Waals surface area (Å²) in [6.45, 7) is 0.780. The Balaban J connectivity index is 1.51. The van der Waals surface area contributed by atoms with E-state index in [4.69, 9.17) is 9.47 Å². The number of para-hydroxylation sites is 4. The molecule has 3 aromatic rings. The molecule has 0 saturated carbocycles. The number of carbonyl (C=O) groups is 1. The lowest BCUT2D eigenvalue weighted by Gasteiger charge is -2.13. The maximum Gasteiger partial charge on any atom is 0.323 e. The molecule has 2 amide bonds. The average molecular weight is 348 g/mol. The Hall–Kier alpha value is -3.47. The molecule has 0 radical (unpaired) electrons. The molecule has 3 aromatic carbocycles. The first-order valence-corrected chi connectivity index (χ1v) is 8.34. The van der Waals surface area contributed by atoms with E-state index in [1.807, 2.05) is 72.8 Å². The molecule has 132 valence electrons. The Morgan fingerprint density at radius 3 is 2.08 bits per heavy atom. The molecule has 0 bridgehead atoms. The first kappa shape index (κ1) is 17.4. The fourth-order valence-electron chi connectivity index (χ4n) is 2.33. The number of amides is 2. The molecular formula is C21H20N2O3. The van der Waals surface area contributed by atoms with Crippen molar-refractivity contribution >= 4 is 17.4 Å². The molecule has 0 aromatic heterocycles. The van der Waals surface area contributed by atoms with Gasteiger partial charge in [0.15, 0.2) is 0 Å². The normalized spacial score (nSPS) is 10.0. The van der Waals surface area contributed by atoms with Crippen LogP contribution in [0.1, 0.15) is 0 Å². The predicted octanol–water partition coefficient (Wildman–Crippen LogP) is 4.79. The van der Waals surface area contributed by atoms with Gasteiger partial charge in [-0.05, 0) is 36.4 Å². The third-order valence-corrected chi connectivity index (χ3v) is 3.52. The van der Waals surface area contributed by atoms with Crippen LogP contribution < -0.4 is 20.1 Å². The van der Waals surface area contributed by atoms with Gasteiger partial charge in [-0.2, -0.15) is 0 Å². The zero-order valence-corrected chi connectivity index (χ0v) is 14.2. The summed E-state index contributed by atoms with van der Waals surface area (Å²) in [6, 6.07) is 25.8. The third-order valence-electron chi connectivity index (χ3n) is 3.52. The van der Waals surface area contributed by atoms with E-state index in [0.717, 1.165) is 11.4 Å². The van der Waals surface area contributed by atoms with E-state index in [0.29, 0.717) is 24.7 Å². The first-order valence-electron chi connectivity index (χ1n) is 8.34. The van der Waals surface area contributed by atoms with Crippen LogP contribution in [0.4, 0.5) is 16.2 Å². The Morgan fingerprint density at radius 1 is 0.692 bits per heavy atom. The summed E-state index contributed by atoms with van der Waals surface area (Å²) in [7, 11) is 0. The molecule has 3 rings (SSSR count). The van der Waals surface area contributed by atoms with Crippen LogP contribution in [0.5, 0.6) is 11.5 Å². The van der Waals surface area contributed by atoms with Crippen LogP contribution in [-0.4, -0.2) is 19.2 Å². The van der Waals surface area contributed by atoms with Crippen LogP contribution in [-0.2, 0) is 0 Å². The fourth-order valence-corrected chi connectivity index (χ4v) is 2.33. The highest BCUT2D eigenvalue weighted by Gasteiger charge is 2.07. The number of nitrogens with one attached hydrogen (secondary N) is 2. The monoisotopic (exact) mass is 348 g/mol. The molecule has 2 N–H and O–H groups in total. The average Bonchev–Trinajstić information content (AvgIpc) is 2.68. The van der Waals surface area contributed by atoms with E-state index in [9.17, 15) is 4.79 Å². The summed E-state index contributed by atoms with van der Waals surface area (Å²) in [5.74, 6) is 1.39. The van der Waals surface area contributed by atoms with E-state index in [-0.39, 0.29) is 6.03 Å². The topological polar surface area (TPSA) is 59.6 Å². The molecule has 26 heavy (non-hydrogen) atoms. The molecule has 5 nitrogen and oxygen atoms in total. The van der Waals surface area contributed by atoms with E-state index >= 15 is 0 Å². The maximum absolute atomic E-state index is 12.1. The lowest BCUT2D eigenvalue weighted by atomic mass is 10.3. The molecule has 0 atom stereocenters. The van der Waals surface area contributed by atoms with E-state index in [1.54, 1.807) is 12.1 Å². The molecule has 0 aliphatic carbocycles. The minimum absolute atomic E-state index is 0.326. The molecule has 0 unspecified atom stereocenters. The number of rotatable bonds is 7. The minimum Gasteiger partial charge on any atom is -0.490 e. The van der Waals surface area contributed by atoms with Gasteiger partial charge in [0.2, 0.25) is 0 Å². The van der Waals surface area contributed by atoms with Crippen molar-refractivity contribution in [3.8, 4) is 11.5 Å². The first-order chi connectivity index (χ1) is 12.8. The summed E-state index contributed by atoms with van der Waals surface area (Å²) < 4.78 is 11.3. The fraction of sp³-hybridized carbons (Fsp3) is 0.0952. The standard InChI is InChI=1S/C21H20N2O3/c24-21(22-17-9-3-1-4-10-17)23-19-13-7-8-14-20(19)26-16-15-25-18-11-5-2-6-12-18/h1-14H,15-16H2,(H2,22,23,24). The minimum atomic E-state index is -0.326. The van der Waals surface area contributed by atoms with Crippen molar-refractivity contribution in [2.24, 2.45) is 0 Å². The molecular weight excluding hydrogens is 328 g/mol. The van der Waals surface area contributed by atoms with Crippen molar-refractivity contribution in [3.63, 3.8) is 0 Å². The van der Waals surface area contributed by atoms with Crippen LogP contribution in [0, 0.1) is 0 Å². The SMILES string of the molecule is O=C(Nc1ccccc1)Nc1ccccc1OCCOc1ccccc1. The summed E-state index contributed by atoms with van der Waals surface area (Å²) in [5.41, 5.74) is 1.32. The molecule has 0 fully saturated rings. The molecule has 0 aliphatic rings. The summed E-state index contributed by atoms with van der Waals surface area (Å²) in [6.07, 6.45) is 0. The molecule has 5 heteroatoms. The highest BCUT2D eigenvalue weighted by molar-refractivity contribution is 6.00. The van der Waals surface area contributed by atoms with Gasteiger partial charge >= 0.3 is 6.03 Å². The Morgan fingerprint density at radius 2 is 1.31 bits per heavy atom. The van der Waals surface area contributed by atoms with Crippen molar-refractivity contribution in [1.82, 2.24) is 0 Å². The largest absolute Gasteiger partial charge is 0.490 e. The van der Waals surface area contributed by atoms with Gasteiger partial charge in [-0.3, -0.25) is 0 Å². The Bertz CT molecular complexity index is 823. The zero-order chi connectivity index (χ0) is 18.0. The number of ether oxygens (including phenoxy) is 2. The van der Waals surface area contributed by atoms with E-state index in [2.05, 4.69) is 10.6 Å². The number of hydrogen-bond acceptors (Lipinski definition) is 3. The van der Waals surface area contributed by atoms with Crippen molar-refractivity contribution < 1.29 is 14.3 Å². The van der Waals surface area contributed by atoms with Gasteiger partial charge in [-0.15, -0.1) is 0 Å². The molecule has 0 spiro atoms. The van der Waals surface area contributed by atoms with Gasteiger partial charge in [-0.1, -0.05) is 48.5 Å². The van der Waals surface area contributed by atoms with Gasteiger partial charge in [0.05, 0.1) is 5.69 Å². The van der Waals surface area contributed by atoms with E-state index in [1.165, 1.54) is 0 Å². The van der Waals surface area contributed by atoms with Gasteiger partial charge in [0.25, 0.3) is 0 Å². The lowest BCUT2D eigenvalue weighted by Crippen LogP contribution is -2.20. The predicted molar refractivity (Wildman–Crippen MR) is 103 cm³/mol. The molecule has 0 aliphatic heterocycles. The highest BCUT2D eigenvalue weighted by Crippen LogP contribution is 2.24. The molecule has 0 saturated heterocycles. The Labute approximate surface area is 152 Å². The van der Waals surface area contributed by atoms with Crippen LogP contribution in [0.3, 0.4) is 0 Å². The van der Waals surface area contributed by atoms with Crippen molar-refractivity contribution in [1.29, 1.82) is 0 Å². The summed E-state index contributed by atoms with van der Waals surface area (Å²) in [4.78, 5) is 12.1. The Kier molecular flexibility index (Phi) is 6.09. The quantitative estimate of drug-likeness (QED) is 0.604. The second-order valence-corrected chi connectivity index (χ2v) is 5.45. The van der Waals surface area contributed by atoms with Crippen molar-refractivity contribution in [2.75, 3.05) is 23.8 Å². The number of hydrogen-bond donors (Lipinski definition) is 2. The van der Waals surface area contributed by atoms with Crippen molar-refractivity contribution in [3.05, 3.63) is 84.9 Å². The second-order valence-electron chi connectivity index (χ2n) is 5.45. The van der Waals surface area contributed by atoms with Crippen LogP contribution in [0.25, 0.3) is 0 Å². The van der Waals surface area contributed by atoms with Gasteiger partial charge in [0, 0.05) is 5.69 Å². The molecule has 0 heterocycles.